The molecule has 0 unspecified atom stereocenters. The van der Waals surface area contributed by atoms with Crippen molar-refractivity contribution in [2.24, 2.45) is 0 Å². The van der Waals surface area contributed by atoms with Gasteiger partial charge in [0.15, 0.2) is 46.0 Å². The van der Waals surface area contributed by atoms with Crippen LogP contribution in [0.2, 0.25) is 0 Å². The number of nitriles is 4. The highest BCUT2D eigenvalue weighted by Crippen LogP contribution is 2.55. The van der Waals surface area contributed by atoms with Gasteiger partial charge < -0.3 is 10.6 Å². The van der Waals surface area contributed by atoms with Crippen LogP contribution in [0.3, 0.4) is 0 Å². The van der Waals surface area contributed by atoms with Gasteiger partial charge in [-0.1, -0.05) is 23.5 Å². The van der Waals surface area contributed by atoms with Crippen molar-refractivity contribution in [2.45, 2.75) is 9.79 Å². The third-order valence-electron chi connectivity index (χ3n) is 5.34. The van der Waals surface area contributed by atoms with Gasteiger partial charge in [0.2, 0.25) is 0 Å². The third-order valence-corrected chi connectivity index (χ3v) is 7.59. The summed E-state index contributed by atoms with van der Waals surface area (Å²) in [5.74, 6) is -10.5. The lowest BCUT2D eigenvalue weighted by atomic mass is 9.97. The van der Waals surface area contributed by atoms with E-state index < -0.39 is 88.8 Å². The molecule has 0 radical (unpaired) electrons. The monoisotopic (exact) mass is 528 g/mol. The van der Waals surface area contributed by atoms with Gasteiger partial charge in [0.25, 0.3) is 0 Å². The predicted molar refractivity (Wildman–Crippen MR) is 117 cm³/mol. The summed E-state index contributed by atoms with van der Waals surface area (Å²) in [5, 5.41) is 36.1. The van der Waals surface area contributed by atoms with Gasteiger partial charge in [-0.05, 0) is 0 Å². The molecule has 14 heteroatoms. The Hall–Kier alpha value is -4.50. The number of rotatable bonds is 0. The van der Waals surface area contributed by atoms with Crippen LogP contribution in [0.1, 0.15) is 0 Å². The second-order valence-electron chi connectivity index (χ2n) is 7.10. The molecule has 0 bridgehead atoms. The van der Waals surface area contributed by atoms with Gasteiger partial charge in [-0.2, -0.15) is 21.0 Å². The first-order valence-corrected chi connectivity index (χ1v) is 11.0. The molecular formula is C22H2F6N6S2. The molecule has 2 aliphatic heterocycles. The maximum Gasteiger partial charge on any atom is 0.184 e. The zero-order valence-corrected chi connectivity index (χ0v) is 18.5. The molecule has 3 aromatic rings. The van der Waals surface area contributed by atoms with Gasteiger partial charge in [-0.3, -0.25) is 0 Å². The maximum absolute atomic E-state index is 15.5. The molecule has 2 heterocycles. The molecule has 0 saturated carbocycles. The third kappa shape index (κ3) is 2.86. The molecule has 0 aliphatic carbocycles. The number of halogens is 6. The first-order chi connectivity index (χ1) is 17.2. The van der Waals surface area contributed by atoms with E-state index in [1.165, 1.54) is 24.3 Å². The van der Waals surface area contributed by atoms with E-state index in [9.17, 15) is 0 Å². The fourth-order valence-electron chi connectivity index (χ4n) is 3.83. The largest absolute Gasteiger partial charge is 0.345 e. The normalized spacial score (nSPS) is 13.3. The Labute approximate surface area is 204 Å². The number of anilines is 2. The number of fused-ring (bicyclic) bond motifs is 7. The van der Waals surface area contributed by atoms with Crippen molar-refractivity contribution in [2.75, 3.05) is 10.6 Å². The molecule has 0 saturated heterocycles. The average molecular weight is 528 g/mol. The van der Waals surface area contributed by atoms with E-state index in [1.807, 2.05) is 0 Å². The topological polar surface area (TPSA) is 119 Å². The molecule has 6 nitrogen and oxygen atoms in total. The lowest BCUT2D eigenvalue weighted by Gasteiger charge is -2.15. The summed E-state index contributed by atoms with van der Waals surface area (Å²) < 4.78 is 91.6. The van der Waals surface area contributed by atoms with E-state index in [0.717, 1.165) is 0 Å². The molecule has 0 atom stereocenters. The molecular weight excluding hydrogens is 526 g/mol. The van der Waals surface area contributed by atoms with Crippen molar-refractivity contribution in [3.8, 4) is 24.3 Å². The van der Waals surface area contributed by atoms with Crippen LogP contribution in [0.5, 0.6) is 0 Å². The number of hydrogen-bond donors (Lipinski definition) is 2. The lowest BCUT2D eigenvalue weighted by molar-refractivity contribution is 0.503. The average Bonchev–Trinajstić information content (AvgIpc) is 3.50. The molecule has 0 fully saturated rings. The Bertz CT molecular complexity index is 1690. The molecule has 3 aromatic carbocycles. The Morgan fingerprint density at radius 3 is 1.11 bits per heavy atom. The van der Waals surface area contributed by atoms with Crippen LogP contribution in [0.15, 0.2) is 31.0 Å². The summed E-state index contributed by atoms with van der Waals surface area (Å²) in [6, 6.07) is 6.06. The molecule has 36 heavy (non-hydrogen) atoms. The summed E-state index contributed by atoms with van der Waals surface area (Å²) in [6.07, 6.45) is 0. The Kier molecular flexibility index (Phi) is 5.19. The van der Waals surface area contributed by atoms with E-state index >= 15 is 26.3 Å². The number of benzene rings is 3. The highest BCUT2D eigenvalue weighted by atomic mass is 32.2. The van der Waals surface area contributed by atoms with E-state index in [0.29, 0.717) is 23.5 Å². The van der Waals surface area contributed by atoms with Crippen LogP contribution in [-0.4, -0.2) is 0 Å². The zero-order chi connectivity index (χ0) is 26.0. The standard InChI is InChI=1S/C22H2F6N6S2/c23-11-7-8-10(20-18(16(28)12(8)24)34-22(36-20)6(3-31)4-32)14(26)13(25)9(7)19-17(15(11)27)33-21(35-19)5(1-29)2-30/h33-34H. The first-order valence-electron chi connectivity index (χ1n) is 9.34. The first kappa shape index (κ1) is 23.3. The minimum absolute atomic E-state index is 0.295. The number of nitrogens with one attached hydrogen (secondary N) is 2. The molecule has 0 aromatic heterocycles. The molecule has 0 amide bonds. The van der Waals surface area contributed by atoms with Crippen molar-refractivity contribution in [3.63, 3.8) is 0 Å². The van der Waals surface area contributed by atoms with Crippen LogP contribution in [-0.2, 0) is 0 Å². The number of thioether (sulfide) groups is 2. The summed E-state index contributed by atoms with van der Waals surface area (Å²) in [5.41, 5.74) is -2.55. The van der Waals surface area contributed by atoms with Crippen LogP contribution < -0.4 is 10.6 Å². The van der Waals surface area contributed by atoms with Gasteiger partial charge in [0.1, 0.15) is 34.3 Å². The predicted octanol–water partition coefficient (Wildman–Crippen LogP) is 6.38. The van der Waals surface area contributed by atoms with Gasteiger partial charge in [0, 0.05) is 21.5 Å². The van der Waals surface area contributed by atoms with Crippen LogP contribution in [0, 0.1) is 80.2 Å². The van der Waals surface area contributed by atoms with Gasteiger partial charge in [-0.25, -0.2) is 26.3 Å². The fourth-order valence-corrected chi connectivity index (χ4v) is 6.01. The van der Waals surface area contributed by atoms with E-state index in [1.54, 1.807) is 0 Å². The van der Waals surface area contributed by atoms with Crippen LogP contribution in [0.25, 0.3) is 21.5 Å². The van der Waals surface area contributed by atoms with Crippen molar-refractivity contribution in [3.05, 3.63) is 56.1 Å². The highest BCUT2D eigenvalue weighted by molar-refractivity contribution is 8.04. The molecule has 5 rings (SSSR count). The summed E-state index contributed by atoms with van der Waals surface area (Å²) in [6.45, 7) is 0. The van der Waals surface area contributed by atoms with Gasteiger partial charge in [-0.15, -0.1) is 0 Å². The molecule has 2 N–H and O–H groups in total. The fraction of sp³-hybridized carbons (Fsp3) is 0. The number of hydrogen-bond acceptors (Lipinski definition) is 8. The number of nitrogens with zero attached hydrogens (tertiary/aromatic N) is 4. The van der Waals surface area contributed by atoms with E-state index in [4.69, 9.17) is 21.0 Å². The summed E-state index contributed by atoms with van der Waals surface area (Å²) in [7, 11) is 0. The summed E-state index contributed by atoms with van der Waals surface area (Å²) >= 11 is 0.840. The van der Waals surface area contributed by atoms with Crippen molar-refractivity contribution in [1.82, 2.24) is 0 Å². The molecule has 174 valence electrons. The minimum Gasteiger partial charge on any atom is -0.345 e. The minimum atomic E-state index is -1.84. The SMILES string of the molecule is N#CC(C#N)=C1Nc2c(F)c(F)c3c(c(F)c(F)c4c5c(c(F)c(F)c43)NC(=C(C#N)C#N)S5)c2S1. The van der Waals surface area contributed by atoms with Gasteiger partial charge >= 0.3 is 0 Å². The lowest BCUT2D eigenvalue weighted by Crippen LogP contribution is -2.04. The van der Waals surface area contributed by atoms with Crippen molar-refractivity contribution >= 4 is 56.4 Å². The Morgan fingerprint density at radius 2 is 0.806 bits per heavy atom. The van der Waals surface area contributed by atoms with E-state index in [2.05, 4.69) is 10.6 Å². The highest BCUT2D eigenvalue weighted by Gasteiger charge is 2.37. The molecule has 0 spiro atoms. The smallest absolute Gasteiger partial charge is 0.184 e. The van der Waals surface area contributed by atoms with Gasteiger partial charge in [0.05, 0.1) is 21.2 Å². The Morgan fingerprint density at radius 1 is 0.500 bits per heavy atom. The summed E-state index contributed by atoms with van der Waals surface area (Å²) in [4.78, 5) is -0.966. The van der Waals surface area contributed by atoms with Crippen molar-refractivity contribution in [1.29, 1.82) is 21.0 Å². The molecule has 2 aliphatic rings. The van der Waals surface area contributed by atoms with Crippen LogP contribution >= 0.6 is 23.5 Å². The second-order valence-corrected chi connectivity index (χ2v) is 9.14. The quantitative estimate of drug-likeness (QED) is 0.196. The second kappa shape index (κ2) is 8.03. The maximum atomic E-state index is 15.5. The van der Waals surface area contributed by atoms with E-state index in [-0.39, 0.29) is 10.1 Å². The number of allylic oxidation sites excluding steroid dienone is 2. The Balaban J connectivity index is 1.97. The van der Waals surface area contributed by atoms with Crippen molar-refractivity contribution < 1.29 is 26.3 Å². The van der Waals surface area contributed by atoms with Crippen LogP contribution in [0.4, 0.5) is 37.7 Å². The zero-order valence-electron chi connectivity index (χ0n) is 16.9.